The predicted molar refractivity (Wildman–Crippen MR) is 157 cm³/mol. The molecule has 0 aliphatic carbocycles. The Balaban J connectivity index is 1.84. The maximum atomic E-state index is 13.8. The van der Waals surface area contributed by atoms with Gasteiger partial charge in [-0.3, -0.25) is 9.10 Å². The van der Waals surface area contributed by atoms with E-state index in [9.17, 15) is 13.2 Å². The standard InChI is InChI=1S/C29H36N4O6S/c1-6-32(7-2)23-11-9-22(10-12-23)20-30-31-29(34)21-33(24-13-15-25(16-14-24)39-8-3)40(35,36)26-17-18-27(37-4)28(19-26)38-5/h9-20H,6-8,21H2,1-5H3,(H,31,34)/b30-20-. The molecule has 0 aliphatic heterocycles. The summed E-state index contributed by atoms with van der Waals surface area (Å²) in [7, 11) is -1.31. The van der Waals surface area contributed by atoms with Crippen LogP contribution in [0.4, 0.5) is 11.4 Å². The average Bonchev–Trinajstić information content (AvgIpc) is 2.97. The molecule has 3 aromatic rings. The van der Waals surface area contributed by atoms with Gasteiger partial charge in [-0.1, -0.05) is 12.1 Å². The van der Waals surface area contributed by atoms with Crippen molar-refractivity contribution >= 4 is 33.5 Å². The molecule has 1 N–H and O–H groups in total. The summed E-state index contributed by atoms with van der Waals surface area (Å²) in [6, 6.07) is 18.5. The number of hydrazone groups is 1. The fraction of sp³-hybridized carbons (Fsp3) is 0.310. The zero-order valence-corrected chi connectivity index (χ0v) is 24.3. The number of hydrogen-bond donors (Lipinski definition) is 1. The number of hydrogen-bond acceptors (Lipinski definition) is 8. The number of nitrogens with zero attached hydrogens (tertiary/aromatic N) is 3. The van der Waals surface area contributed by atoms with Crippen LogP contribution in [0.5, 0.6) is 17.2 Å². The zero-order chi connectivity index (χ0) is 29.1. The van der Waals surface area contributed by atoms with Gasteiger partial charge in [0.25, 0.3) is 15.9 Å². The number of methoxy groups -OCH3 is 2. The van der Waals surface area contributed by atoms with Crippen LogP contribution in [0, 0.1) is 0 Å². The Hall–Kier alpha value is -4.25. The molecular weight excluding hydrogens is 532 g/mol. The second-order valence-electron chi connectivity index (χ2n) is 8.51. The third-order valence-corrected chi connectivity index (χ3v) is 7.86. The predicted octanol–water partition coefficient (Wildman–Crippen LogP) is 4.29. The Morgan fingerprint density at radius 1 is 0.875 bits per heavy atom. The lowest BCUT2D eigenvalue weighted by Gasteiger charge is -2.24. The lowest BCUT2D eigenvalue weighted by molar-refractivity contribution is -0.119. The van der Waals surface area contributed by atoms with E-state index in [1.807, 2.05) is 31.2 Å². The van der Waals surface area contributed by atoms with Crippen LogP contribution in [-0.2, 0) is 14.8 Å². The van der Waals surface area contributed by atoms with Crippen LogP contribution in [0.2, 0.25) is 0 Å². The average molecular weight is 569 g/mol. The normalized spacial score (nSPS) is 11.2. The van der Waals surface area contributed by atoms with Gasteiger partial charge in [0, 0.05) is 24.8 Å². The van der Waals surface area contributed by atoms with Crippen LogP contribution in [0.25, 0.3) is 0 Å². The van der Waals surface area contributed by atoms with E-state index in [0.29, 0.717) is 18.1 Å². The third kappa shape index (κ3) is 7.44. The van der Waals surface area contributed by atoms with Gasteiger partial charge in [0.2, 0.25) is 0 Å². The number of amides is 1. The Morgan fingerprint density at radius 2 is 1.50 bits per heavy atom. The van der Waals surface area contributed by atoms with Gasteiger partial charge in [-0.2, -0.15) is 5.10 Å². The summed E-state index contributed by atoms with van der Waals surface area (Å²) in [6.07, 6.45) is 1.51. The van der Waals surface area contributed by atoms with Crippen molar-refractivity contribution in [2.45, 2.75) is 25.7 Å². The Labute approximate surface area is 236 Å². The SMILES string of the molecule is CCOc1ccc(N(CC(=O)N/N=C\c2ccc(N(CC)CC)cc2)S(=O)(=O)c2ccc(OC)c(OC)c2)cc1. The number of sulfonamides is 1. The van der Waals surface area contributed by atoms with E-state index in [2.05, 4.69) is 29.3 Å². The summed E-state index contributed by atoms with van der Waals surface area (Å²) in [5.41, 5.74) is 4.60. The molecule has 0 unspecified atom stereocenters. The van der Waals surface area contributed by atoms with Crippen LogP contribution < -0.4 is 28.8 Å². The smallest absolute Gasteiger partial charge is 0.264 e. The highest BCUT2D eigenvalue weighted by atomic mass is 32.2. The summed E-state index contributed by atoms with van der Waals surface area (Å²) in [5, 5.41) is 4.03. The topological polar surface area (TPSA) is 110 Å². The molecule has 3 aromatic carbocycles. The molecule has 1 amide bonds. The van der Waals surface area contributed by atoms with E-state index < -0.39 is 22.5 Å². The lowest BCUT2D eigenvalue weighted by atomic mass is 10.2. The first-order valence-corrected chi connectivity index (χ1v) is 14.4. The molecular formula is C29H36N4O6S. The number of nitrogens with one attached hydrogen (secondary N) is 1. The lowest BCUT2D eigenvalue weighted by Crippen LogP contribution is -2.39. The number of carbonyl (C=O) groups excluding carboxylic acids is 1. The minimum atomic E-state index is -4.19. The van der Waals surface area contributed by atoms with Crippen LogP contribution in [0.1, 0.15) is 26.3 Å². The molecule has 10 nitrogen and oxygen atoms in total. The molecule has 0 saturated carbocycles. The largest absolute Gasteiger partial charge is 0.494 e. The second kappa shape index (κ2) is 14.2. The van der Waals surface area contributed by atoms with E-state index in [-0.39, 0.29) is 16.3 Å². The van der Waals surface area contributed by atoms with E-state index in [0.717, 1.165) is 28.6 Å². The maximum Gasteiger partial charge on any atom is 0.264 e. The zero-order valence-electron chi connectivity index (χ0n) is 23.5. The van der Waals surface area contributed by atoms with Gasteiger partial charge in [-0.15, -0.1) is 0 Å². The number of anilines is 2. The van der Waals surface area contributed by atoms with Gasteiger partial charge < -0.3 is 19.1 Å². The van der Waals surface area contributed by atoms with Gasteiger partial charge in [0.1, 0.15) is 12.3 Å². The van der Waals surface area contributed by atoms with Gasteiger partial charge in [-0.05, 0) is 74.9 Å². The number of benzene rings is 3. The first kappa shape index (κ1) is 30.3. The number of rotatable bonds is 14. The molecule has 0 bridgehead atoms. The fourth-order valence-corrected chi connectivity index (χ4v) is 5.44. The van der Waals surface area contributed by atoms with Crippen LogP contribution >= 0.6 is 0 Å². The first-order chi connectivity index (χ1) is 19.3. The van der Waals surface area contributed by atoms with Gasteiger partial charge >= 0.3 is 0 Å². The van der Waals surface area contributed by atoms with Crippen molar-refractivity contribution in [2.75, 3.05) is 49.7 Å². The monoisotopic (exact) mass is 568 g/mol. The summed E-state index contributed by atoms with van der Waals surface area (Å²) >= 11 is 0. The Morgan fingerprint density at radius 3 is 2.08 bits per heavy atom. The molecule has 40 heavy (non-hydrogen) atoms. The number of ether oxygens (including phenoxy) is 3. The van der Waals surface area contributed by atoms with Gasteiger partial charge in [-0.25, -0.2) is 13.8 Å². The third-order valence-electron chi connectivity index (χ3n) is 6.09. The first-order valence-electron chi connectivity index (χ1n) is 12.9. The van der Waals surface area contributed by atoms with Crippen LogP contribution in [-0.4, -0.2) is 61.0 Å². The summed E-state index contributed by atoms with van der Waals surface area (Å²) in [4.78, 5) is 15.1. The van der Waals surface area contributed by atoms with Gasteiger partial charge in [0.15, 0.2) is 11.5 Å². The molecule has 0 spiro atoms. The molecule has 214 valence electrons. The summed E-state index contributed by atoms with van der Waals surface area (Å²) in [6.45, 7) is 7.79. The summed E-state index contributed by atoms with van der Waals surface area (Å²) in [5.74, 6) is 0.590. The van der Waals surface area contributed by atoms with E-state index >= 15 is 0 Å². The van der Waals surface area contributed by atoms with Crippen molar-refractivity contribution in [3.63, 3.8) is 0 Å². The van der Waals surface area contributed by atoms with E-state index in [1.54, 1.807) is 24.3 Å². The minimum Gasteiger partial charge on any atom is -0.494 e. The molecule has 0 saturated heterocycles. The molecule has 11 heteroatoms. The molecule has 0 aliphatic rings. The summed E-state index contributed by atoms with van der Waals surface area (Å²) < 4.78 is 44.5. The van der Waals surface area contributed by atoms with E-state index in [1.165, 1.54) is 38.6 Å². The Bertz CT molecular complexity index is 1390. The molecule has 3 rings (SSSR count). The van der Waals surface area contributed by atoms with Crippen molar-refractivity contribution in [1.82, 2.24) is 5.43 Å². The maximum absolute atomic E-state index is 13.8. The van der Waals surface area contributed by atoms with E-state index in [4.69, 9.17) is 14.2 Å². The highest BCUT2D eigenvalue weighted by Crippen LogP contribution is 2.32. The van der Waals surface area contributed by atoms with Crippen LogP contribution in [0.15, 0.2) is 76.7 Å². The molecule has 0 heterocycles. The van der Waals surface area contributed by atoms with Crippen molar-refractivity contribution < 1.29 is 27.4 Å². The van der Waals surface area contributed by atoms with Crippen molar-refractivity contribution in [2.24, 2.45) is 5.10 Å². The quantitative estimate of drug-likeness (QED) is 0.228. The Kier molecular flexibility index (Phi) is 10.8. The highest BCUT2D eigenvalue weighted by Gasteiger charge is 2.28. The molecule has 0 radical (unpaired) electrons. The van der Waals surface area contributed by atoms with Crippen molar-refractivity contribution in [1.29, 1.82) is 0 Å². The van der Waals surface area contributed by atoms with Crippen LogP contribution in [0.3, 0.4) is 0 Å². The molecule has 0 fully saturated rings. The molecule has 0 atom stereocenters. The highest BCUT2D eigenvalue weighted by molar-refractivity contribution is 7.92. The van der Waals surface area contributed by atoms with Crippen molar-refractivity contribution in [3.8, 4) is 17.2 Å². The minimum absolute atomic E-state index is 0.0661. The number of carbonyl (C=O) groups is 1. The van der Waals surface area contributed by atoms with Gasteiger partial charge in [0.05, 0.1) is 37.6 Å². The second-order valence-corrected chi connectivity index (χ2v) is 10.4. The fourth-order valence-electron chi connectivity index (χ4n) is 4.00. The molecule has 0 aromatic heterocycles. The van der Waals surface area contributed by atoms with Crippen molar-refractivity contribution in [3.05, 3.63) is 72.3 Å².